The van der Waals surface area contributed by atoms with Crippen molar-refractivity contribution in [1.29, 1.82) is 0 Å². The highest BCUT2D eigenvalue weighted by atomic mass is 16.5. The van der Waals surface area contributed by atoms with Gasteiger partial charge in [-0.25, -0.2) is 0 Å². The van der Waals surface area contributed by atoms with E-state index in [1.807, 2.05) is 74.5 Å². The van der Waals surface area contributed by atoms with Crippen molar-refractivity contribution in [2.45, 2.75) is 19.9 Å². The summed E-state index contributed by atoms with van der Waals surface area (Å²) in [6.07, 6.45) is 3.34. The standard InChI is InChI=1S/C23H23NO3/c1-17-10-12-20(13-11-17)27-16-18(2)24-23(25)22(15-21-9-6-14-26-21)19-7-4-3-5-8-19/h3-15,18H,16H2,1-2H3,(H,24,25)/b22-15+/t18-/m0/s1. The van der Waals surface area contributed by atoms with Crippen LogP contribution in [0.2, 0.25) is 0 Å². The molecule has 4 heteroatoms. The number of rotatable bonds is 7. The van der Waals surface area contributed by atoms with Gasteiger partial charge in [0.25, 0.3) is 5.91 Å². The van der Waals surface area contributed by atoms with Crippen LogP contribution in [-0.2, 0) is 4.79 Å². The molecule has 2 aromatic carbocycles. The van der Waals surface area contributed by atoms with Gasteiger partial charge in [0.1, 0.15) is 18.1 Å². The maximum atomic E-state index is 12.9. The van der Waals surface area contributed by atoms with Gasteiger partial charge in [0.15, 0.2) is 0 Å². The van der Waals surface area contributed by atoms with Crippen LogP contribution in [0, 0.1) is 6.92 Å². The first-order chi connectivity index (χ1) is 13.1. The van der Waals surface area contributed by atoms with Gasteiger partial charge < -0.3 is 14.5 Å². The molecule has 0 radical (unpaired) electrons. The minimum absolute atomic E-state index is 0.150. The maximum Gasteiger partial charge on any atom is 0.252 e. The van der Waals surface area contributed by atoms with Crippen molar-refractivity contribution in [3.05, 3.63) is 89.9 Å². The smallest absolute Gasteiger partial charge is 0.252 e. The Hall–Kier alpha value is -3.27. The number of nitrogens with one attached hydrogen (secondary N) is 1. The minimum atomic E-state index is -0.169. The number of hydrogen-bond donors (Lipinski definition) is 1. The van der Waals surface area contributed by atoms with Gasteiger partial charge in [-0.15, -0.1) is 0 Å². The molecule has 0 saturated carbocycles. The van der Waals surface area contributed by atoms with Crippen molar-refractivity contribution in [3.63, 3.8) is 0 Å². The lowest BCUT2D eigenvalue weighted by molar-refractivity contribution is -0.116. The lowest BCUT2D eigenvalue weighted by Gasteiger charge is -2.16. The Morgan fingerprint density at radius 3 is 2.48 bits per heavy atom. The Kier molecular flexibility index (Phi) is 6.10. The third kappa shape index (κ3) is 5.35. The van der Waals surface area contributed by atoms with Crippen molar-refractivity contribution >= 4 is 17.6 Å². The first-order valence-electron chi connectivity index (χ1n) is 8.93. The van der Waals surface area contributed by atoms with E-state index in [9.17, 15) is 4.79 Å². The Morgan fingerprint density at radius 2 is 1.81 bits per heavy atom. The normalized spacial score (nSPS) is 12.4. The first-order valence-corrected chi connectivity index (χ1v) is 8.93. The zero-order valence-corrected chi connectivity index (χ0v) is 15.5. The Labute approximate surface area is 159 Å². The average molecular weight is 361 g/mol. The summed E-state index contributed by atoms with van der Waals surface area (Å²) in [4.78, 5) is 12.9. The van der Waals surface area contributed by atoms with Crippen LogP contribution in [0.5, 0.6) is 5.75 Å². The second kappa shape index (κ2) is 8.90. The van der Waals surface area contributed by atoms with Gasteiger partial charge in [0, 0.05) is 0 Å². The van der Waals surface area contributed by atoms with E-state index in [1.54, 1.807) is 18.4 Å². The number of carbonyl (C=O) groups excluding carboxylic acids is 1. The van der Waals surface area contributed by atoms with Crippen molar-refractivity contribution in [1.82, 2.24) is 5.32 Å². The van der Waals surface area contributed by atoms with Crippen molar-refractivity contribution < 1.29 is 13.9 Å². The number of aryl methyl sites for hydroxylation is 1. The molecule has 27 heavy (non-hydrogen) atoms. The van der Waals surface area contributed by atoms with Gasteiger partial charge >= 0.3 is 0 Å². The summed E-state index contributed by atoms with van der Waals surface area (Å²) in [5.41, 5.74) is 2.56. The molecule has 1 N–H and O–H groups in total. The molecule has 0 unspecified atom stereocenters. The summed E-state index contributed by atoms with van der Waals surface area (Å²) in [5, 5.41) is 3.00. The van der Waals surface area contributed by atoms with Gasteiger partial charge in [-0.2, -0.15) is 0 Å². The molecular formula is C23H23NO3. The number of benzene rings is 2. The second-order valence-corrected chi connectivity index (χ2v) is 6.44. The van der Waals surface area contributed by atoms with Crippen LogP contribution >= 0.6 is 0 Å². The number of ether oxygens (including phenoxy) is 1. The van der Waals surface area contributed by atoms with Gasteiger partial charge in [-0.3, -0.25) is 4.79 Å². The molecule has 3 rings (SSSR count). The number of furan rings is 1. The highest BCUT2D eigenvalue weighted by molar-refractivity contribution is 6.24. The fourth-order valence-electron chi connectivity index (χ4n) is 2.61. The van der Waals surface area contributed by atoms with E-state index in [0.29, 0.717) is 17.9 Å². The van der Waals surface area contributed by atoms with Crippen molar-refractivity contribution in [3.8, 4) is 5.75 Å². The van der Waals surface area contributed by atoms with Crippen LogP contribution in [0.4, 0.5) is 0 Å². The largest absolute Gasteiger partial charge is 0.491 e. The molecule has 1 amide bonds. The predicted octanol–water partition coefficient (Wildman–Crippen LogP) is 4.71. The molecular weight excluding hydrogens is 338 g/mol. The fraction of sp³-hybridized carbons (Fsp3) is 0.174. The van der Waals surface area contributed by atoms with Gasteiger partial charge in [-0.1, -0.05) is 48.0 Å². The molecule has 0 bridgehead atoms. The van der Waals surface area contributed by atoms with E-state index >= 15 is 0 Å². The predicted molar refractivity (Wildman–Crippen MR) is 107 cm³/mol. The van der Waals surface area contributed by atoms with Crippen LogP contribution in [-0.4, -0.2) is 18.6 Å². The quantitative estimate of drug-likeness (QED) is 0.620. The highest BCUT2D eigenvalue weighted by Gasteiger charge is 2.15. The van der Waals surface area contributed by atoms with Crippen molar-refractivity contribution in [2.75, 3.05) is 6.61 Å². The van der Waals surface area contributed by atoms with Gasteiger partial charge in [0.05, 0.1) is 17.9 Å². The summed E-state index contributed by atoms with van der Waals surface area (Å²) in [7, 11) is 0. The third-order valence-corrected chi connectivity index (χ3v) is 4.06. The molecule has 0 saturated heterocycles. The monoisotopic (exact) mass is 361 g/mol. The zero-order chi connectivity index (χ0) is 19.1. The van der Waals surface area contributed by atoms with Gasteiger partial charge in [0.2, 0.25) is 0 Å². The summed E-state index contributed by atoms with van der Waals surface area (Å²) in [5.74, 6) is 1.25. The summed E-state index contributed by atoms with van der Waals surface area (Å²) in [6.45, 7) is 4.34. The molecule has 138 valence electrons. The lowest BCUT2D eigenvalue weighted by atomic mass is 10.0. The highest BCUT2D eigenvalue weighted by Crippen LogP contribution is 2.19. The van der Waals surface area contributed by atoms with E-state index in [1.165, 1.54) is 5.56 Å². The molecule has 1 atom stereocenters. The van der Waals surface area contributed by atoms with Crippen LogP contribution in [0.1, 0.15) is 23.8 Å². The lowest BCUT2D eigenvalue weighted by Crippen LogP contribution is -2.37. The Bertz CT molecular complexity index is 881. The van der Waals surface area contributed by atoms with E-state index in [2.05, 4.69) is 5.32 Å². The minimum Gasteiger partial charge on any atom is -0.491 e. The van der Waals surface area contributed by atoms with E-state index in [0.717, 1.165) is 11.3 Å². The topological polar surface area (TPSA) is 51.5 Å². The van der Waals surface area contributed by atoms with Crippen LogP contribution < -0.4 is 10.1 Å². The molecule has 3 aromatic rings. The number of hydrogen-bond acceptors (Lipinski definition) is 3. The number of amides is 1. The zero-order valence-electron chi connectivity index (χ0n) is 15.5. The third-order valence-electron chi connectivity index (χ3n) is 4.06. The Balaban J connectivity index is 1.68. The molecule has 1 heterocycles. The second-order valence-electron chi connectivity index (χ2n) is 6.44. The summed E-state index contributed by atoms with van der Waals surface area (Å²) >= 11 is 0. The SMILES string of the molecule is Cc1ccc(OC[C@H](C)NC(=O)/C(=C/c2ccco2)c2ccccc2)cc1. The fourth-order valence-corrected chi connectivity index (χ4v) is 2.61. The number of carbonyl (C=O) groups is 1. The average Bonchev–Trinajstić information content (AvgIpc) is 3.19. The molecule has 0 aliphatic carbocycles. The molecule has 0 spiro atoms. The van der Waals surface area contributed by atoms with E-state index in [-0.39, 0.29) is 11.9 Å². The molecule has 4 nitrogen and oxygen atoms in total. The van der Waals surface area contributed by atoms with Gasteiger partial charge in [-0.05, 0) is 49.8 Å². The van der Waals surface area contributed by atoms with Crippen LogP contribution in [0.15, 0.2) is 77.4 Å². The maximum absolute atomic E-state index is 12.9. The molecule has 0 fully saturated rings. The summed E-state index contributed by atoms with van der Waals surface area (Å²) < 4.78 is 11.1. The Morgan fingerprint density at radius 1 is 1.07 bits per heavy atom. The molecule has 1 aromatic heterocycles. The molecule has 0 aliphatic rings. The van der Waals surface area contributed by atoms with Crippen molar-refractivity contribution in [2.24, 2.45) is 0 Å². The van der Waals surface area contributed by atoms with Crippen LogP contribution in [0.25, 0.3) is 11.6 Å². The first kappa shape index (κ1) is 18.5. The van der Waals surface area contributed by atoms with E-state index in [4.69, 9.17) is 9.15 Å². The van der Waals surface area contributed by atoms with Crippen LogP contribution in [0.3, 0.4) is 0 Å². The summed E-state index contributed by atoms with van der Waals surface area (Å²) in [6, 6.07) is 20.9. The molecule has 0 aliphatic heterocycles. The van der Waals surface area contributed by atoms with E-state index < -0.39 is 0 Å².